The fourth-order valence-electron chi connectivity index (χ4n) is 2.18. The van der Waals surface area contributed by atoms with Gasteiger partial charge in [0, 0.05) is 27.4 Å². The summed E-state index contributed by atoms with van der Waals surface area (Å²) in [4.78, 5) is 16.5. The minimum Gasteiger partial charge on any atom is -0.302 e. The fraction of sp³-hybridized carbons (Fsp3) is 0.111. The lowest BCUT2D eigenvalue weighted by Crippen LogP contribution is -2.12. The third kappa shape index (κ3) is 4.57. The molecule has 6 heteroatoms. The van der Waals surface area contributed by atoms with E-state index in [1.54, 1.807) is 0 Å². The molecule has 0 aliphatic rings. The number of benzene rings is 2. The van der Waals surface area contributed by atoms with Crippen LogP contribution in [-0.4, -0.2) is 10.9 Å². The molecule has 122 valence electrons. The molecule has 0 radical (unpaired) electrons. The minimum absolute atomic E-state index is 0.0537. The molecule has 1 amide bonds. The highest BCUT2D eigenvalue weighted by atomic mass is 35.5. The normalized spacial score (nSPS) is 10.6. The van der Waals surface area contributed by atoms with E-state index in [0.29, 0.717) is 28.0 Å². The Bertz CT molecular complexity index is 829. The van der Waals surface area contributed by atoms with Crippen molar-refractivity contribution in [3.8, 4) is 11.3 Å². The molecule has 0 aliphatic carbocycles. The van der Waals surface area contributed by atoms with Gasteiger partial charge < -0.3 is 5.32 Å². The molecule has 2 aromatic carbocycles. The molecule has 0 spiro atoms. The largest absolute Gasteiger partial charge is 0.302 e. The van der Waals surface area contributed by atoms with Crippen LogP contribution >= 0.6 is 34.5 Å². The number of carbonyl (C=O) groups is 1. The summed E-state index contributed by atoms with van der Waals surface area (Å²) in [7, 11) is 0. The van der Waals surface area contributed by atoms with Crippen molar-refractivity contribution in [2.75, 3.05) is 5.32 Å². The van der Waals surface area contributed by atoms with Crippen molar-refractivity contribution in [3.05, 3.63) is 69.5 Å². The molecular formula is C18H14Cl2N2OS. The molecule has 24 heavy (non-hydrogen) atoms. The van der Waals surface area contributed by atoms with Crippen LogP contribution < -0.4 is 5.32 Å². The van der Waals surface area contributed by atoms with Gasteiger partial charge in [0.2, 0.25) is 5.91 Å². The molecule has 0 unspecified atom stereocenters. The summed E-state index contributed by atoms with van der Waals surface area (Å²) < 4.78 is 0. The quantitative estimate of drug-likeness (QED) is 0.621. The van der Waals surface area contributed by atoms with Gasteiger partial charge in [0.15, 0.2) is 5.13 Å². The van der Waals surface area contributed by atoms with E-state index >= 15 is 0 Å². The minimum atomic E-state index is -0.0537. The third-order valence-corrected chi connectivity index (χ3v) is 4.71. The molecule has 0 saturated carbocycles. The molecule has 3 nitrogen and oxygen atoms in total. The molecule has 3 rings (SSSR count). The Morgan fingerprint density at radius 3 is 2.29 bits per heavy atom. The molecular weight excluding hydrogens is 363 g/mol. The molecule has 1 aromatic heterocycles. The Labute approximate surface area is 154 Å². The van der Waals surface area contributed by atoms with Crippen LogP contribution in [0.15, 0.2) is 53.9 Å². The van der Waals surface area contributed by atoms with Gasteiger partial charge >= 0.3 is 0 Å². The predicted molar refractivity (Wildman–Crippen MR) is 101 cm³/mol. The number of aromatic nitrogens is 1. The maximum Gasteiger partial charge on any atom is 0.226 e. The second-order valence-corrected chi connectivity index (χ2v) is 6.95. The van der Waals surface area contributed by atoms with Gasteiger partial charge in [-0.15, -0.1) is 11.3 Å². The average Bonchev–Trinajstić information content (AvgIpc) is 3.03. The summed E-state index contributed by atoms with van der Waals surface area (Å²) in [5.41, 5.74) is 2.87. The van der Waals surface area contributed by atoms with Gasteiger partial charge in [-0.3, -0.25) is 4.79 Å². The lowest BCUT2D eigenvalue weighted by atomic mass is 10.1. The second-order valence-electron chi connectivity index (χ2n) is 5.22. The van der Waals surface area contributed by atoms with E-state index in [4.69, 9.17) is 23.2 Å². The van der Waals surface area contributed by atoms with E-state index in [-0.39, 0.29) is 5.91 Å². The zero-order valence-corrected chi connectivity index (χ0v) is 15.0. The first kappa shape index (κ1) is 17.0. The number of thiazole rings is 1. The van der Waals surface area contributed by atoms with Gasteiger partial charge in [-0.1, -0.05) is 47.5 Å². The summed E-state index contributed by atoms with van der Waals surface area (Å²) in [5, 5.41) is 6.73. The van der Waals surface area contributed by atoms with E-state index < -0.39 is 0 Å². The van der Waals surface area contributed by atoms with E-state index in [0.717, 1.165) is 16.8 Å². The number of anilines is 1. The van der Waals surface area contributed by atoms with Crippen molar-refractivity contribution in [1.82, 2.24) is 4.98 Å². The number of nitrogens with zero attached hydrogens (tertiary/aromatic N) is 1. The van der Waals surface area contributed by atoms with Crippen LogP contribution in [0.3, 0.4) is 0 Å². The van der Waals surface area contributed by atoms with Crippen LogP contribution in [0.4, 0.5) is 5.13 Å². The Morgan fingerprint density at radius 1 is 1.00 bits per heavy atom. The fourth-order valence-corrected chi connectivity index (χ4v) is 3.16. The first-order valence-electron chi connectivity index (χ1n) is 7.36. The molecule has 3 aromatic rings. The Morgan fingerprint density at radius 2 is 1.62 bits per heavy atom. The van der Waals surface area contributed by atoms with Crippen molar-refractivity contribution in [2.24, 2.45) is 0 Å². The maximum atomic E-state index is 12.1. The topological polar surface area (TPSA) is 42.0 Å². The van der Waals surface area contributed by atoms with Crippen molar-refractivity contribution < 1.29 is 4.79 Å². The lowest BCUT2D eigenvalue weighted by molar-refractivity contribution is -0.116. The molecule has 0 bridgehead atoms. The van der Waals surface area contributed by atoms with Crippen molar-refractivity contribution in [2.45, 2.75) is 12.8 Å². The van der Waals surface area contributed by atoms with Gasteiger partial charge in [0.1, 0.15) is 0 Å². The van der Waals surface area contributed by atoms with Crippen molar-refractivity contribution >= 4 is 45.6 Å². The van der Waals surface area contributed by atoms with E-state index in [9.17, 15) is 4.79 Å². The first-order chi connectivity index (χ1) is 11.6. The van der Waals surface area contributed by atoms with E-state index in [1.165, 1.54) is 11.3 Å². The Kier molecular flexibility index (Phi) is 5.51. The van der Waals surface area contributed by atoms with Gasteiger partial charge in [-0.2, -0.15) is 0 Å². The van der Waals surface area contributed by atoms with Crippen LogP contribution in [0.25, 0.3) is 11.3 Å². The van der Waals surface area contributed by atoms with Crippen LogP contribution in [0.1, 0.15) is 12.0 Å². The smallest absolute Gasteiger partial charge is 0.226 e. The predicted octanol–water partition coefficient (Wildman–Crippen LogP) is 5.69. The lowest BCUT2D eigenvalue weighted by Gasteiger charge is -2.02. The highest BCUT2D eigenvalue weighted by Crippen LogP contribution is 2.26. The maximum absolute atomic E-state index is 12.1. The van der Waals surface area contributed by atoms with Crippen molar-refractivity contribution in [3.63, 3.8) is 0 Å². The number of aryl methyl sites for hydroxylation is 1. The Hall–Kier alpha value is -1.88. The number of hydrogen-bond donors (Lipinski definition) is 1. The number of halogens is 2. The van der Waals surface area contributed by atoms with Gasteiger partial charge in [-0.05, 0) is 36.2 Å². The van der Waals surface area contributed by atoms with Gasteiger partial charge in [0.05, 0.1) is 5.69 Å². The summed E-state index contributed by atoms with van der Waals surface area (Å²) in [6.45, 7) is 0. The van der Waals surface area contributed by atoms with E-state index in [2.05, 4.69) is 10.3 Å². The molecule has 0 aliphatic heterocycles. The van der Waals surface area contributed by atoms with Crippen LogP contribution in [0.5, 0.6) is 0 Å². The summed E-state index contributed by atoms with van der Waals surface area (Å²) in [6.07, 6.45) is 1.07. The Balaban J connectivity index is 1.57. The van der Waals surface area contributed by atoms with Gasteiger partial charge in [-0.25, -0.2) is 4.98 Å². The van der Waals surface area contributed by atoms with Crippen molar-refractivity contribution in [1.29, 1.82) is 0 Å². The monoisotopic (exact) mass is 376 g/mol. The van der Waals surface area contributed by atoms with Crippen LogP contribution in [0, 0.1) is 0 Å². The summed E-state index contributed by atoms with van der Waals surface area (Å²) in [5.74, 6) is -0.0537. The summed E-state index contributed by atoms with van der Waals surface area (Å²) >= 11 is 13.1. The number of hydrogen-bond acceptors (Lipinski definition) is 3. The molecule has 1 heterocycles. The van der Waals surface area contributed by atoms with Crippen LogP contribution in [0.2, 0.25) is 10.0 Å². The highest BCUT2D eigenvalue weighted by Gasteiger charge is 2.08. The number of rotatable bonds is 5. The average molecular weight is 377 g/mol. The van der Waals surface area contributed by atoms with Gasteiger partial charge in [0.25, 0.3) is 0 Å². The highest BCUT2D eigenvalue weighted by molar-refractivity contribution is 7.14. The number of nitrogens with one attached hydrogen (secondary N) is 1. The number of carbonyl (C=O) groups excluding carboxylic acids is 1. The summed E-state index contributed by atoms with van der Waals surface area (Å²) in [6, 6.07) is 15.0. The molecule has 1 N–H and O–H groups in total. The third-order valence-electron chi connectivity index (χ3n) is 3.44. The SMILES string of the molecule is O=C(CCc1ccc(Cl)cc1)Nc1nc(-c2ccc(Cl)cc2)cs1. The molecule has 0 saturated heterocycles. The zero-order valence-electron chi connectivity index (χ0n) is 12.6. The zero-order chi connectivity index (χ0) is 16.9. The molecule has 0 fully saturated rings. The standard InChI is InChI=1S/C18H14Cl2N2OS/c19-14-6-1-12(2-7-14)3-10-17(23)22-18-21-16(11-24-18)13-4-8-15(20)9-5-13/h1-2,4-9,11H,3,10H2,(H,21,22,23). The van der Waals surface area contributed by atoms with E-state index in [1.807, 2.05) is 53.9 Å². The van der Waals surface area contributed by atoms with Crippen LogP contribution in [-0.2, 0) is 11.2 Å². The molecule has 0 atom stereocenters. The number of amides is 1. The second kappa shape index (κ2) is 7.79. The first-order valence-corrected chi connectivity index (χ1v) is 8.99.